The van der Waals surface area contributed by atoms with Gasteiger partial charge < -0.3 is 9.47 Å². The van der Waals surface area contributed by atoms with Crippen LogP contribution in [0, 0.1) is 11.3 Å². The number of nitriles is 1. The number of fused-ring (bicyclic) bond motifs is 3. The van der Waals surface area contributed by atoms with E-state index in [1.807, 2.05) is 10.6 Å². The minimum atomic E-state index is -2.68. The Hall–Kier alpha value is -3.21. The Bertz CT molecular complexity index is 1120. The number of ether oxygens (including phenoxy) is 2. The largest absolute Gasteiger partial charge is 0.488 e. The first-order chi connectivity index (χ1) is 13.4. The zero-order valence-corrected chi connectivity index (χ0v) is 15.0. The lowest BCUT2D eigenvalue weighted by molar-refractivity contribution is 0.0910. The third-order valence-corrected chi connectivity index (χ3v) is 5.50. The minimum absolute atomic E-state index is 0.168. The van der Waals surface area contributed by atoms with Crippen LogP contribution in [0.4, 0.5) is 8.78 Å². The average molecular weight is 382 g/mol. The second-order valence-corrected chi connectivity index (χ2v) is 7.46. The average Bonchev–Trinajstić information content (AvgIpc) is 2.99. The monoisotopic (exact) mass is 382 g/mol. The summed E-state index contributed by atoms with van der Waals surface area (Å²) in [5.74, 6) is -2.18. The lowest BCUT2D eigenvalue weighted by Crippen LogP contribution is -2.23. The highest BCUT2D eigenvalue weighted by molar-refractivity contribution is 5.78. The molecule has 0 amide bonds. The van der Waals surface area contributed by atoms with Crippen LogP contribution >= 0.6 is 0 Å². The predicted molar refractivity (Wildman–Crippen MR) is 95.5 cm³/mol. The number of hydrogen-bond donors (Lipinski definition) is 0. The van der Waals surface area contributed by atoms with Gasteiger partial charge in [-0.15, -0.1) is 0 Å². The second-order valence-electron chi connectivity index (χ2n) is 7.46. The molecule has 0 spiro atoms. The summed E-state index contributed by atoms with van der Waals surface area (Å²) in [6.07, 6.45) is 1.09. The fourth-order valence-electron chi connectivity index (χ4n) is 3.58. The van der Waals surface area contributed by atoms with Crippen LogP contribution < -0.4 is 9.47 Å². The van der Waals surface area contributed by atoms with Gasteiger partial charge in [0, 0.05) is 6.42 Å². The van der Waals surface area contributed by atoms with Crippen molar-refractivity contribution in [3.63, 3.8) is 0 Å². The third-order valence-electron chi connectivity index (χ3n) is 5.50. The Balaban J connectivity index is 1.24. The van der Waals surface area contributed by atoms with E-state index >= 15 is 0 Å². The van der Waals surface area contributed by atoms with E-state index in [1.54, 1.807) is 24.3 Å². The van der Waals surface area contributed by atoms with E-state index in [2.05, 4.69) is 16.0 Å². The summed E-state index contributed by atoms with van der Waals surface area (Å²) >= 11 is 0. The van der Waals surface area contributed by atoms with Gasteiger partial charge >= 0.3 is 0 Å². The number of halogens is 2. The maximum Gasteiger partial charge on any atom is 0.297 e. The lowest BCUT2D eigenvalue weighted by Gasteiger charge is -2.13. The first-order valence-corrected chi connectivity index (χ1v) is 8.94. The van der Waals surface area contributed by atoms with Gasteiger partial charge in [-0.1, -0.05) is 0 Å². The van der Waals surface area contributed by atoms with Crippen molar-refractivity contribution in [3.05, 3.63) is 47.8 Å². The molecule has 0 radical (unpaired) electrons. The molecule has 2 atom stereocenters. The molecular weight excluding hydrogens is 366 g/mol. The summed E-state index contributed by atoms with van der Waals surface area (Å²) in [6, 6.07) is 11.2. The number of alkyl halides is 2. The number of nitrogens with zero attached hydrogens (tertiary/aromatic N) is 4. The van der Waals surface area contributed by atoms with Crippen molar-refractivity contribution in [2.75, 3.05) is 6.61 Å². The number of rotatable bonds is 4. The summed E-state index contributed by atoms with van der Waals surface area (Å²) in [5.41, 5.74) is 1.39. The highest BCUT2D eigenvalue weighted by Crippen LogP contribution is 2.60. The van der Waals surface area contributed by atoms with Crippen LogP contribution in [0.1, 0.15) is 24.6 Å². The van der Waals surface area contributed by atoms with Crippen molar-refractivity contribution < 1.29 is 18.3 Å². The van der Waals surface area contributed by atoms with Gasteiger partial charge in [0.1, 0.15) is 12.4 Å². The SMILES string of the molecule is CC1(c2ccc(OCC3Cn4c(nc5cc(C#N)ccc54)O3)cn2)CC1(F)F. The molecule has 1 fully saturated rings. The quantitative estimate of drug-likeness (QED) is 0.691. The van der Waals surface area contributed by atoms with Gasteiger partial charge in [0.25, 0.3) is 11.9 Å². The molecule has 0 N–H and O–H groups in total. The summed E-state index contributed by atoms with van der Waals surface area (Å²) < 4.78 is 40.4. The molecule has 1 saturated carbocycles. The molecule has 0 saturated heterocycles. The van der Waals surface area contributed by atoms with Gasteiger partial charge in [0.05, 0.1) is 46.5 Å². The van der Waals surface area contributed by atoms with Crippen molar-refractivity contribution in [2.45, 2.75) is 37.3 Å². The lowest BCUT2D eigenvalue weighted by atomic mass is 10.0. The highest BCUT2D eigenvalue weighted by Gasteiger charge is 2.69. The molecule has 1 aromatic carbocycles. The first kappa shape index (κ1) is 16.9. The Morgan fingerprint density at radius 2 is 2.18 bits per heavy atom. The molecule has 28 heavy (non-hydrogen) atoms. The number of hydrogen-bond acceptors (Lipinski definition) is 5. The van der Waals surface area contributed by atoms with Gasteiger partial charge in [-0.3, -0.25) is 9.55 Å². The molecule has 8 heteroatoms. The third kappa shape index (κ3) is 2.50. The number of benzene rings is 1. The molecule has 6 nitrogen and oxygen atoms in total. The smallest absolute Gasteiger partial charge is 0.297 e. The van der Waals surface area contributed by atoms with Crippen molar-refractivity contribution >= 4 is 11.0 Å². The zero-order chi connectivity index (χ0) is 19.5. The molecule has 1 aliphatic heterocycles. The Morgan fingerprint density at radius 3 is 2.86 bits per heavy atom. The molecule has 2 unspecified atom stereocenters. The number of pyridine rings is 1. The van der Waals surface area contributed by atoms with E-state index in [4.69, 9.17) is 14.7 Å². The maximum absolute atomic E-state index is 13.5. The highest BCUT2D eigenvalue weighted by atomic mass is 19.3. The molecule has 2 aliphatic rings. The van der Waals surface area contributed by atoms with Crippen molar-refractivity contribution in [1.82, 2.24) is 14.5 Å². The minimum Gasteiger partial charge on any atom is -0.488 e. The molecule has 2 aromatic heterocycles. The topological polar surface area (TPSA) is 73.0 Å². The number of aromatic nitrogens is 3. The van der Waals surface area contributed by atoms with Gasteiger partial charge in [0.15, 0.2) is 6.10 Å². The van der Waals surface area contributed by atoms with Gasteiger partial charge in [-0.2, -0.15) is 10.2 Å². The standard InChI is InChI=1S/C20H16F2N4O2/c1-19(11-20(19,21)22)17-5-3-13(8-24-17)27-10-14-9-26-16-4-2-12(7-23)6-15(16)25-18(26)28-14/h2-6,8,14H,9-11H2,1H3. The van der Waals surface area contributed by atoms with Crippen molar-refractivity contribution in [2.24, 2.45) is 0 Å². The van der Waals surface area contributed by atoms with E-state index in [0.717, 1.165) is 11.0 Å². The van der Waals surface area contributed by atoms with Crippen molar-refractivity contribution in [1.29, 1.82) is 5.26 Å². The summed E-state index contributed by atoms with van der Waals surface area (Å²) in [5, 5.41) is 8.98. The molecule has 3 aromatic rings. The number of imidazole rings is 1. The molecular formula is C20H16F2N4O2. The van der Waals surface area contributed by atoms with Crippen molar-refractivity contribution in [3.8, 4) is 17.8 Å². The van der Waals surface area contributed by atoms with Gasteiger partial charge in [-0.05, 0) is 37.3 Å². The summed E-state index contributed by atoms with van der Waals surface area (Å²) in [6.45, 7) is 2.39. The fourth-order valence-corrected chi connectivity index (χ4v) is 3.58. The first-order valence-electron chi connectivity index (χ1n) is 8.94. The maximum atomic E-state index is 13.5. The molecule has 1 aliphatic carbocycles. The Kier molecular flexibility index (Phi) is 3.41. The Morgan fingerprint density at radius 1 is 1.36 bits per heavy atom. The summed E-state index contributed by atoms with van der Waals surface area (Å²) in [7, 11) is 0. The molecule has 0 bridgehead atoms. The van der Waals surface area contributed by atoms with E-state index < -0.39 is 11.3 Å². The molecule has 142 valence electrons. The second kappa shape index (κ2) is 5.64. The van der Waals surface area contributed by atoms with Gasteiger partial charge in [0.2, 0.25) is 0 Å². The Labute approximate surface area is 159 Å². The molecule has 5 rings (SSSR count). The van der Waals surface area contributed by atoms with E-state index in [1.165, 1.54) is 13.1 Å². The van der Waals surface area contributed by atoms with Crippen LogP contribution in [0.3, 0.4) is 0 Å². The van der Waals surface area contributed by atoms with Crippen LogP contribution in [0.25, 0.3) is 11.0 Å². The zero-order valence-electron chi connectivity index (χ0n) is 15.0. The van der Waals surface area contributed by atoms with Crippen LogP contribution in [0.2, 0.25) is 0 Å². The van der Waals surface area contributed by atoms with Gasteiger partial charge in [-0.25, -0.2) is 8.78 Å². The normalized spacial score (nSPS) is 24.4. The summed E-state index contributed by atoms with van der Waals surface area (Å²) in [4.78, 5) is 8.57. The van der Waals surface area contributed by atoms with Crippen LogP contribution in [0.15, 0.2) is 36.5 Å². The van der Waals surface area contributed by atoms with E-state index in [0.29, 0.717) is 29.6 Å². The fraction of sp³-hybridized carbons (Fsp3) is 0.350. The van der Waals surface area contributed by atoms with Crippen LogP contribution in [-0.4, -0.2) is 33.2 Å². The van der Waals surface area contributed by atoms with Crippen LogP contribution in [0.5, 0.6) is 11.8 Å². The van der Waals surface area contributed by atoms with E-state index in [-0.39, 0.29) is 19.1 Å². The van der Waals surface area contributed by atoms with E-state index in [9.17, 15) is 8.78 Å². The molecule has 3 heterocycles. The predicted octanol–water partition coefficient (Wildman–Crippen LogP) is 3.44. The van der Waals surface area contributed by atoms with Crippen LogP contribution in [-0.2, 0) is 12.0 Å².